The van der Waals surface area contributed by atoms with Gasteiger partial charge in [-0.3, -0.25) is 4.79 Å². The molecule has 0 aromatic heterocycles. The first kappa shape index (κ1) is 15.4. The van der Waals surface area contributed by atoms with Gasteiger partial charge in [-0.05, 0) is 68.1 Å². The second kappa shape index (κ2) is 6.32. The van der Waals surface area contributed by atoms with Crippen molar-refractivity contribution in [1.82, 2.24) is 4.90 Å². The van der Waals surface area contributed by atoms with Crippen LogP contribution in [0.15, 0.2) is 36.4 Å². The van der Waals surface area contributed by atoms with Gasteiger partial charge in [0.1, 0.15) is 0 Å². The lowest BCUT2D eigenvalue weighted by molar-refractivity contribution is 0.0794. The van der Waals surface area contributed by atoms with Gasteiger partial charge in [-0.1, -0.05) is 6.07 Å². The normalized spacial score (nSPS) is 14.1. The summed E-state index contributed by atoms with van der Waals surface area (Å²) in [6.07, 6.45) is 2.15. The van der Waals surface area contributed by atoms with E-state index in [1.54, 1.807) is 6.07 Å². The summed E-state index contributed by atoms with van der Waals surface area (Å²) in [6, 6.07) is 11.8. The van der Waals surface area contributed by atoms with Gasteiger partial charge in [-0.15, -0.1) is 0 Å². The maximum absolute atomic E-state index is 12.8. The maximum Gasteiger partial charge on any atom is 0.256 e. The number of anilines is 3. The summed E-state index contributed by atoms with van der Waals surface area (Å²) in [5.41, 5.74) is 11.3. The van der Waals surface area contributed by atoms with Gasteiger partial charge < -0.3 is 16.0 Å². The van der Waals surface area contributed by atoms with Gasteiger partial charge in [0.15, 0.2) is 0 Å². The third-order valence-corrected chi connectivity index (χ3v) is 4.17. The van der Waals surface area contributed by atoms with E-state index in [0.717, 1.165) is 37.3 Å². The molecule has 0 saturated carbocycles. The van der Waals surface area contributed by atoms with E-state index in [-0.39, 0.29) is 5.91 Å². The van der Waals surface area contributed by atoms with E-state index in [4.69, 9.17) is 5.73 Å². The molecule has 2 aromatic carbocycles. The number of nitrogens with two attached hydrogens (primary N) is 1. The highest BCUT2D eigenvalue weighted by Crippen LogP contribution is 2.27. The lowest BCUT2D eigenvalue weighted by Crippen LogP contribution is -2.28. The number of aryl methyl sites for hydroxylation is 2. The van der Waals surface area contributed by atoms with Crippen molar-refractivity contribution in [2.75, 3.05) is 24.1 Å². The van der Waals surface area contributed by atoms with Gasteiger partial charge >= 0.3 is 0 Å². The fourth-order valence-electron chi connectivity index (χ4n) is 3.14. The lowest BCUT2D eigenvalue weighted by atomic mass is 10.1. The van der Waals surface area contributed by atoms with Crippen molar-refractivity contribution in [3.05, 3.63) is 53.1 Å². The fraction of sp³-hybridized carbons (Fsp3) is 0.316. The quantitative estimate of drug-likeness (QED) is 0.846. The number of amides is 1. The summed E-state index contributed by atoms with van der Waals surface area (Å²) in [4.78, 5) is 14.7. The summed E-state index contributed by atoms with van der Waals surface area (Å²) < 4.78 is 0. The van der Waals surface area contributed by atoms with Crippen LogP contribution in [-0.2, 0) is 0 Å². The lowest BCUT2D eigenvalue weighted by Gasteiger charge is -2.19. The fourth-order valence-corrected chi connectivity index (χ4v) is 3.14. The van der Waals surface area contributed by atoms with Gasteiger partial charge in [0.05, 0.1) is 11.3 Å². The van der Waals surface area contributed by atoms with Crippen LogP contribution in [0.25, 0.3) is 0 Å². The number of nitrogens with one attached hydrogen (secondary N) is 1. The second-order valence-electron chi connectivity index (χ2n) is 6.31. The molecule has 1 saturated heterocycles. The highest BCUT2D eigenvalue weighted by atomic mass is 16.2. The Morgan fingerprint density at radius 2 is 1.70 bits per heavy atom. The Kier molecular flexibility index (Phi) is 4.24. The molecule has 3 N–H and O–H groups in total. The topological polar surface area (TPSA) is 58.4 Å². The van der Waals surface area contributed by atoms with Gasteiger partial charge in [0.25, 0.3) is 5.91 Å². The van der Waals surface area contributed by atoms with E-state index in [2.05, 4.69) is 37.4 Å². The maximum atomic E-state index is 12.8. The van der Waals surface area contributed by atoms with Crippen molar-refractivity contribution in [3.8, 4) is 0 Å². The highest BCUT2D eigenvalue weighted by molar-refractivity contribution is 6.01. The molecule has 1 amide bonds. The Morgan fingerprint density at radius 3 is 2.35 bits per heavy atom. The Hall–Kier alpha value is -2.49. The van der Waals surface area contributed by atoms with Gasteiger partial charge in [-0.25, -0.2) is 0 Å². The molecule has 1 heterocycles. The number of hydrogen-bond donors (Lipinski definition) is 2. The van der Waals surface area contributed by atoms with Gasteiger partial charge in [-0.2, -0.15) is 0 Å². The van der Waals surface area contributed by atoms with E-state index in [1.807, 2.05) is 17.0 Å². The van der Waals surface area contributed by atoms with E-state index in [1.165, 1.54) is 11.1 Å². The average Bonchev–Trinajstić information content (AvgIpc) is 3.01. The number of likely N-dealkylation sites (tertiary alicyclic amines) is 1. The minimum Gasteiger partial charge on any atom is -0.399 e. The third kappa shape index (κ3) is 3.47. The van der Waals surface area contributed by atoms with Crippen molar-refractivity contribution < 1.29 is 4.79 Å². The van der Waals surface area contributed by atoms with Crippen LogP contribution in [0, 0.1) is 13.8 Å². The molecule has 1 aliphatic rings. The number of rotatable bonds is 3. The molecule has 1 aliphatic heterocycles. The minimum atomic E-state index is 0.0571. The number of nitrogen functional groups attached to an aromatic ring is 1. The number of nitrogens with zero attached hydrogens (tertiary/aromatic N) is 1. The van der Waals surface area contributed by atoms with E-state index >= 15 is 0 Å². The molecule has 1 fully saturated rings. The Balaban J connectivity index is 1.93. The summed E-state index contributed by atoms with van der Waals surface area (Å²) in [6.45, 7) is 5.79. The second-order valence-corrected chi connectivity index (χ2v) is 6.31. The molecule has 23 heavy (non-hydrogen) atoms. The molecule has 3 rings (SSSR count). The van der Waals surface area contributed by atoms with Crippen LogP contribution < -0.4 is 11.1 Å². The number of benzene rings is 2. The predicted octanol–water partition coefficient (Wildman–Crippen LogP) is 3.87. The van der Waals surface area contributed by atoms with Crippen LogP contribution in [0.4, 0.5) is 17.1 Å². The summed E-state index contributed by atoms with van der Waals surface area (Å²) in [5, 5.41) is 3.38. The van der Waals surface area contributed by atoms with Crippen LogP contribution in [0.1, 0.15) is 34.3 Å². The molecule has 4 heteroatoms. The Morgan fingerprint density at radius 1 is 1.04 bits per heavy atom. The predicted molar refractivity (Wildman–Crippen MR) is 95.2 cm³/mol. The zero-order valence-electron chi connectivity index (χ0n) is 13.7. The molecular formula is C19H23N3O. The molecule has 2 aromatic rings. The number of hydrogen-bond acceptors (Lipinski definition) is 3. The largest absolute Gasteiger partial charge is 0.399 e. The first-order valence-electron chi connectivity index (χ1n) is 8.07. The van der Waals surface area contributed by atoms with E-state index in [0.29, 0.717) is 11.3 Å². The van der Waals surface area contributed by atoms with Crippen molar-refractivity contribution >= 4 is 23.0 Å². The first-order valence-corrected chi connectivity index (χ1v) is 8.07. The summed E-state index contributed by atoms with van der Waals surface area (Å²) in [5.74, 6) is 0.0571. The van der Waals surface area contributed by atoms with Gasteiger partial charge in [0.2, 0.25) is 0 Å². The van der Waals surface area contributed by atoms with Crippen molar-refractivity contribution in [1.29, 1.82) is 0 Å². The third-order valence-electron chi connectivity index (χ3n) is 4.17. The molecule has 0 spiro atoms. The van der Waals surface area contributed by atoms with Crippen molar-refractivity contribution in [2.45, 2.75) is 26.7 Å². The molecule has 120 valence electrons. The zero-order valence-corrected chi connectivity index (χ0v) is 13.7. The summed E-state index contributed by atoms with van der Waals surface area (Å²) >= 11 is 0. The molecule has 0 atom stereocenters. The molecule has 0 unspecified atom stereocenters. The van der Waals surface area contributed by atoms with E-state index in [9.17, 15) is 4.79 Å². The standard InChI is InChI=1S/C19H23N3O/c1-13-9-14(2)11-16(10-13)21-18-6-5-15(20)12-17(18)19(23)22-7-3-4-8-22/h5-6,9-12,21H,3-4,7-8,20H2,1-2H3. The van der Waals surface area contributed by atoms with Crippen molar-refractivity contribution in [3.63, 3.8) is 0 Å². The highest BCUT2D eigenvalue weighted by Gasteiger charge is 2.22. The van der Waals surface area contributed by atoms with Crippen LogP contribution in [-0.4, -0.2) is 23.9 Å². The van der Waals surface area contributed by atoms with Crippen LogP contribution in [0.3, 0.4) is 0 Å². The molecule has 0 aliphatic carbocycles. The number of carbonyl (C=O) groups excluding carboxylic acids is 1. The zero-order chi connectivity index (χ0) is 16.4. The van der Waals surface area contributed by atoms with Crippen LogP contribution >= 0.6 is 0 Å². The minimum absolute atomic E-state index is 0.0571. The monoisotopic (exact) mass is 309 g/mol. The SMILES string of the molecule is Cc1cc(C)cc(Nc2ccc(N)cc2C(=O)N2CCCC2)c1. The van der Waals surface area contributed by atoms with Crippen LogP contribution in [0.5, 0.6) is 0 Å². The molecule has 0 bridgehead atoms. The van der Waals surface area contributed by atoms with Crippen LogP contribution in [0.2, 0.25) is 0 Å². The number of carbonyl (C=O) groups is 1. The molecule has 0 radical (unpaired) electrons. The summed E-state index contributed by atoms with van der Waals surface area (Å²) in [7, 11) is 0. The van der Waals surface area contributed by atoms with Gasteiger partial charge in [0, 0.05) is 24.5 Å². The molecular weight excluding hydrogens is 286 g/mol. The smallest absolute Gasteiger partial charge is 0.256 e. The Labute approximate surface area is 137 Å². The average molecular weight is 309 g/mol. The molecule has 4 nitrogen and oxygen atoms in total. The Bertz CT molecular complexity index is 713. The van der Waals surface area contributed by atoms with Crippen molar-refractivity contribution in [2.24, 2.45) is 0 Å². The first-order chi connectivity index (χ1) is 11.0. The van der Waals surface area contributed by atoms with E-state index < -0.39 is 0 Å².